The lowest BCUT2D eigenvalue weighted by Crippen LogP contribution is -2.57. The quantitative estimate of drug-likeness (QED) is 0.169. The Kier molecular flexibility index (Phi) is 13.5. The van der Waals surface area contributed by atoms with E-state index in [9.17, 15) is 14.4 Å². The van der Waals surface area contributed by atoms with Crippen molar-refractivity contribution in [1.29, 1.82) is 0 Å². The summed E-state index contributed by atoms with van der Waals surface area (Å²) in [5.41, 5.74) is 3.42. The first-order valence-electron chi connectivity index (χ1n) is 27.4. The molecule has 16 fully saturated rings. The van der Waals surface area contributed by atoms with E-state index >= 15 is 0 Å². The van der Waals surface area contributed by atoms with Gasteiger partial charge in [0.05, 0.1) is 6.61 Å². The van der Waals surface area contributed by atoms with Crippen molar-refractivity contribution in [3.05, 3.63) is 0 Å². The van der Waals surface area contributed by atoms with Crippen LogP contribution in [0.15, 0.2) is 0 Å². The predicted molar refractivity (Wildman–Crippen MR) is 257 cm³/mol. The molecule has 0 radical (unpaired) electrons. The smallest absolute Gasteiger partial charge is 0.306 e. The highest BCUT2D eigenvalue weighted by molar-refractivity contribution is 5.69. The van der Waals surface area contributed by atoms with Crippen LogP contribution in [-0.2, 0) is 28.6 Å². The van der Waals surface area contributed by atoms with Gasteiger partial charge >= 0.3 is 17.9 Å². The Bertz CT molecular complexity index is 1650. The van der Waals surface area contributed by atoms with Crippen molar-refractivity contribution in [1.82, 2.24) is 0 Å². The van der Waals surface area contributed by atoms with Gasteiger partial charge in [0.25, 0.3) is 0 Å². The zero-order valence-corrected chi connectivity index (χ0v) is 41.8. The molecule has 16 bridgehead atoms. The summed E-state index contributed by atoms with van der Waals surface area (Å²) in [5, 5.41) is 0. The Morgan fingerprint density at radius 1 is 0.422 bits per heavy atom. The Labute approximate surface area is 391 Å². The zero-order chi connectivity index (χ0) is 44.7. The second kappa shape index (κ2) is 17.7. The van der Waals surface area contributed by atoms with Crippen LogP contribution in [0.3, 0.4) is 0 Å². The number of carbonyl (C=O) groups is 3. The summed E-state index contributed by atoms with van der Waals surface area (Å²) in [6.07, 6.45) is 38.8. The molecule has 6 nitrogen and oxygen atoms in total. The molecular weight excluding hydrogens is 793 g/mol. The molecule has 6 heteroatoms. The minimum absolute atomic E-state index is 0. The maximum Gasteiger partial charge on any atom is 0.306 e. The van der Waals surface area contributed by atoms with Gasteiger partial charge in [-0.05, 0) is 229 Å². The van der Waals surface area contributed by atoms with Crippen molar-refractivity contribution in [3.8, 4) is 0 Å². The van der Waals surface area contributed by atoms with Crippen molar-refractivity contribution in [2.75, 3.05) is 6.61 Å². The largest absolute Gasteiger partial charge is 0.465 e. The number of ether oxygens (including phenoxy) is 3. The minimum Gasteiger partial charge on any atom is -0.465 e. The third-order valence-corrected chi connectivity index (χ3v) is 21.6. The summed E-state index contributed by atoms with van der Waals surface area (Å²) in [4.78, 5) is 34.0. The molecule has 0 spiro atoms. The van der Waals surface area contributed by atoms with Crippen molar-refractivity contribution in [3.63, 3.8) is 0 Å². The monoisotopic (exact) mass is 889 g/mol. The van der Waals surface area contributed by atoms with Gasteiger partial charge in [-0.15, -0.1) is 0 Å². The highest BCUT2D eigenvalue weighted by Gasteiger charge is 2.61. The van der Waals surface area contributed by atoms with Gasteiger partial charge in [0, 0.05) is 25.7 Å². The minimum atomic E-state index is -0.105. The lowest BCUT2D eigenvalue weighted by molar-refractivity contribution is -0.202. The molecule has 16 rings (SSSR count). The maximum atomic E-state index is 11.7. The molecule has 0 aromatic carbocycles. The maximum absolute atomic E-state index is 11.7. The summed E-state index contributed by atoms with van der Waals surface area (Å²) < 4.78 is 17.0. The topological polar surface area (TPSA) is 78.9 Å². The summed E-state index contributed by atoms with van der Waals surface area (Å²) >= 11 is 0. The van der Waals surface area contributed by atoms with E-state index in [2.05, 4.69) is 34.6 Å². The van der Waals surface area contributed by atoms with Crippen LogP contribution in [0.1, 0.15) is 249 Å². The fourth-order valence-corrected chi connectivity index (χ4v) is 21.2. The standard InChI is InChI=1S/2C15H24O2.C14H22O2.C13H22.CH4/c1-3-14-5-12-4-13(6-14)8-15(7-12,9-14)10-17-11(2)16;1-3-13(16)17-15-8-11-5-12(9-15)7-14(4-2,6-11)10-15;1-3-13-5-11-4-12(6-13)8-14(7-11,9-13)16-10(2)15;1-3-13-7-10-4-11(8-13)6-12(2,5-10)9-13;/h12-13H,3-10H2,1-2H3;11-12H,3-10H2,1-2H3;11-12H,3-9H2,1-2H3;10-11H,3-9H2,1-2H3;1H4. The van der Waals surface area contributed by atoms with E-state index in [0.29, 0.717) is 34.7 Å². The highest BCUT2D eigenvalue weighted by atomic mass is 16.6. The van der Waals surface area contributed by atoms with Crippen molar-refractivity contribution < 1.29 is 28.6 Å². The second-order valence-corrected chi connectivity index (χ2v) is 27.1. The third-order valence-electron chi connectivity index (χ3n) is 21.6. The zero-order valence-electron chi connectivity index (χ0n) is 41.8. The van der Waals surface area contributed by atoms with Crippen molar-refractivity contribution >= 4 is 17.9 Å². The van der Waals surface area contributed by atoms with Gasteiger partial charge in [0.1, 0.15) is 11.2 Å². The SMILES string of the molecule is C.CCC(=O)OC12CC3CC(CC(CC)(C3)C1)C2.CCC12CC3CC(C1)CC(COC(C)=O)(C3)C2.CCC12CC3CC(C1)CC(OC(C)=O)(C3)C2.CCC12CC3CC(CC(C)(C3)C1)C2. The Morgan fingerprint density at radius 2 is 0.750 bits per heavy atom. The van der Waals surface area contributed by atoms with E-state index in [4.69, 9.17) is 14.2 Å². The molecule has 0 saturated heterocycles. The van der Waals surface area contributed by atoms with Crippen LogP contribution < -0.4 is 0 Å². The number of hydrogen-bond donors (Lipinski definition) is 0. The Balaban J connectivity index is 0.000000117. The first-order chi connectivity index (χ1) is 29.8. The number of rotatable bonds is 9. The lowest BCUT2D eigenvalue weighted by atomic mass is 9.44. The first kappa shape index (κ1) is 48.9. The van der Waals surface area contributed by atoms with Gasteiger partial charge < -0.3 is 14.2 Å². The van der Waals surface area contributed by atoms with Gasteiger partial charge in [-0.25, -0.2) is 0 Å². The normalized spacial score (nSPS) is 49.3. The van der Waals surface area contributed by atoms with Gasteiger partial charge in [0.15, 0.2) is 0 Å². The number of esters is 3. The molecule has 0 N–H and O–H groups in total. The van der Waals surface area contributed by atoms with E-state index in [0.717, 1.165) is 96.7 Å². The molecule has 0 aromatic rings. The fraction of sp³-hybridized carbons (Fsp3) is 0.948. The van der Waals surface area contributed by atoms with E-state index < -0.39 is 0 Å². The molecule has 0 aromatic heterocycles. The molecule has 8 atom stereocenters. The van der Waals surface area contributed by atoms with Gasteiger partial charge in [-0.2, -0.15) is 0 Å². The van der Waals surface area contributed by atoms with Crippen LogP contribution in [0, 0.1) is 79.8 Å². The Morgan fingerprint density at radius 3 is 1.09 bits per heavy atom. The van der Waals surface area contributed by atoms with Crippen LogP contribution in [0.25, 0.3) is 0 Å². The summed E-state index contributed by atoms with van der Waals surface area (Å²) in [5.74, 6) is 7.25. The van der Waals surface area contributed by atoms with E-state index in [1.165, 1.54) is 110 Å². The molecule has 64 heavy (non-hydrogen) atoms. The summed E-state index contributed by atoms with van der Waals surface area (Å²) in [6, 6.07) is 0. The number of hydrogen-bond acceptors (Lipinski definition) is 6. The molecule has 0 aliphatic heterocycles. The van der Waals surface area contributed by atoms with Crippen LogP contribution in [0.2, 0.25) is 0 Å². The highest BCUT2D eigenvalue weighted by Crippen LogP contribution is 2.69. The Hall–Kier alpha value is -1.59. The van der Waals surface area contributed by atoms with E-state index in [-0.39, 0.29) is 36.5 Å². The van der Waals surface area contributed by atoms with Gasteiger partial charge in [-0.3, -0.25) is 14.4 Å². The molecule has 8 unspecified atom stereocenters. The molecule has 364 valence electrons. The second-order valence-electron chi connectivity index (χ2n) is 27.1. The predicted octanol–water partition coefficient (Wildman–Crippen LogP) is 15.2. The molecule has 16 saturated carbocycles. The first-order valence-corrected chi connectivity index (χ1v) is 27.4. The summed E-state index contributed by atoms with van der Waals surface area (Å²) in [6.45, 7) is 17.7. The lowest BCUT2D eigenvalue weighted by Gasteiger charge is -2.62. The average Bonchev–Trinajstić information content (AvgIpc) is 3.18. The van der Waals surface area contributed by atoms with Gasteiger partial charge in [0.2, 0.25) is 0 Å². The fourth-order valence-electron chi connectivity index (χ4n) is 21.2. The van der Waals surface area contributed by atoms with E-state index in [1.807, 2.05) is 6.92 Å². The van der Waals surface area contributed by atoms with Crippen LogP contribution >= 0.6 is 0 Å². The molecule has 0 heterocycles. The van der Waals surface area contributed by atoms with E-state index in [1.54, 1.807) is 45.4 Å². The van der Waals surface area contributed by atoms with Crippen LogP contribution in [0.5, 0.6) is 0 Å². The van der Waals surface area contributed by atoms with Gasteiger partial charge in [-0.1, -0.05) is 74.7 Å². The average molecular weight is 889 g/mol. The molecular formula is C58H96O6. The molecule has 16 aliphatic rings. The number of carbonyl (C=O) groups excluding carboxylic acids is 3. The van der Waals surface area contributed by atoms with Crippen molar-refractivity contribution in [2.24, 2.45) is 79.8 Å². The molecule has 0 amide bonds. The van der Waals surface area contributed by atoms with Crippen LogP contribution in [0.4, 0.5) is 0 Å². The van der Waals surface area contributed by atoms with Crippen molar-refractivity contribution in [2.45, 2.75) is 260 Å². The van der Waals surface area contributed by atoms with Crippen LogP contribution in [-0.4, -0.2) is 35.7 Å². The molecule has 16 aliphatic carbocycles. The summed E-state index contributed by atoms with van der Waals surface area (Å²) in [7, 11) is 0. The third kappa shape index (κ3) is 9.68.